The average Bonchev–Trinajstić information content (AvgIpc) is 3.02. The maximum Gasteiger partial charge on any atom is 0.331 e. The minimum atomic E-state index is -1.08. The van der Waals surface area contributed by atoms with Crippen molar-refractivity contribution in [3.63, 3.8) is 0 Å². The highest BCUT2D eigenvalue weighted by atomic mass is 16.4. The zero-order valence-corrected chi connectivity index (χ0v) is 13.4. The summed E-state index contributed by atoms with van der Waals surface area (Å²) in [6, 6.07) is 9.38. The van der Waals surface area contributed by atoms with E-state index in [4.69, 9.17) is 10.2 Å². The van der Waals surface area contributed by atoms with E-state index in [2.05, 4.69) is 10.2 Å². The third kappa shape index (κ3) is 4.35. The molecule has 0 saturated carbocycles. The van der Waals surface area contributed by atoms with Gasteiger partial charge in [-0.05, 0) is 18.9 Å². The number of azo groups is 1. The van der Waals surface area contributed by atoms with Crippen LogP contribution in [0.4, 0.5) is 0 Å². The molecule has 7 heteroatoms. The highest BCUT2D eigenvalue weighted by Crippen LogP contribution is 2.31. The summed E-state index contributed by atoms with van der Waals surface area (Å²) in [4.78, 5) is 32.4. The summed E-state index contributed by atoms with van der Waals surface area (Å²) in [6.45, 7) is 1.50. The summed E-state index contributed by atoms with van der Waals surface area (Å²) < 4.78 is 0. The molecule has 128 valence electrons. The van der Waals surface area contributed by atoms with E-state index in [-0.39, 0.29) is 17.9 Å². The second-order valence-electron chi connectivity index (χ2n) is 5.68. The molecule has 1 aliphatic heterocycles. The minimum absolute atomic E-state index is 0.0359. The number of aliphatic carboxylic acids is 2. The molecule has 0 fully saturated rings. The average molecular weight is 340 g/mol. The number of rotatable bonds is 3. The largest absolute Gasteiger partial charge is 0.481 e. The van der Waals surface area contributed by atoms with E-state index in [9.17, 15) is 14.4 Å². The van der Waals surface area contributed by atoms with Crippen LogP contribution >= 0.6 is 0 Å². The van der Waals surface area contributed by atoms with Crippen molar-refractivity contribution >= 4 is 23.4 Å². The van der Waals surface area contributed by atoms with E-state index in [1.807, 2.05) is 30.3 Å². The van der Waals surface area contributed by atoms with Crippen molar-refractivity contribution in [2.45, 2.75) is 13.3 Å². The van der Waals surface area contributed by atoms with Crippen LogP contribution < -0.4 is 0 Å². The predicted octanol–water partition coefficient (Wildman–Crippen LogP) is 3.07. The molecule has 1 amide bonds. The van der Waals surface area contributed by atoms with E-state index < -0.39 is 17.4 Å². The van der Waals surface area contributed by atoms with Crippen molar-refractivity contribution in [3.8, 4) is 0 Å². The van der Waals surface area contributed by atoms with Gasteiger partial charge in [0.1, 0.15) is 0 Å². The summed E-state index contributed by atoms with van der Waals surface area (Å²) in [7, 11) is 0. The monoisotopic (exact) mass is 340 g/mol. The first-order valence-electron chi connectivity index (χ1n) is 7.39. The van der Waals surface area contributed by atoms with Gasteiger partial charge in [0.25, 0.3) is 5.91 Å². The molecular formula is C18H16N2O5. The van der Waals surface area contributed by atoms with Gasteiger partial charge in [0.2, 0.25) is 0 Å². The SMILES string of the molecule is CC1(C(=O)O)C=CC=C(C(=O)O)C1.O=C1N=NC=C1c1ccccc1. The van der Waals surface area contributed by atoms with Gasteiger partial charge in [-0.1, -0.05) is 48.6 Å². The number of carbonyl (C=O) groups excluding carboxylic acids is 1. The van der Waals surface area contributed by atoms with Crippen LogP contribution in [0.25, 0.3) is 5.57 Å². The first kappa shape index (κ1) is 18.0. The highest BCUT2D eigenvalue weighted by Gasteiger charge is 2.34. The van der Waals surface area contributed by atoms with Crippen LogP contribution in [0.1, 0.15) is 18.9 Å². The fraction of sp³-hybridized carbons (Fsp3) is 0.167. The lowest BCUT2D eigenvalue weighted by Gasteiger charge is -2.23. The number of carbonyl (C=O) groups is 3. The van der Waals surface area contributed by atoms with Crippen LogP contribution in [0.3, 0.4) is 0 Å². The molecule has 2 aliphatic rings. The minimum Gasteiger partial charge on any atom is -0.481 e. The van der Waals surface area contributed by atoms with Gasteiger partial charge >= 0.3 is 11.9 Å². The fourth-order valence-electron chi connectivity index (χ4n) is 2.25. The highest BCUT2D eigenvalue weighted by molar-refractivity contribution is 6.20. The number of allylic oxidation sites excluding steroid dienone is 2. The quantitative estimate of drug-likeness (QED) is 0.877. The Hall–Kier alpha value is -3.35. The molecule has 1 aromatic carbocycles. The van der Waals surface area contributed by atoms with Gasteiger partial charge in [-0.2, -0.15) is 5.11 Å². The molecule has 1 unspecified atom stereocenters. The van der Waals surface area contributed by atoms with Gasteiger partial charge in [-0.3, -0.25) is 9.59 Å². The molecule has 25 heavy (non-hydrogen) atoms. The Morgan fingerprint density at radius 2 is 1.84 bits per heavy atom. The predicted molar refractivity (Wildman–Crippen MR) is 89.5 cm³/mol. The molecule has 0 radical (unpaired) electrons. The Labute approximate surface area is 143 Å². The van der Waals surface area contributed by atoms with Crippen molar-refractivity contribution in [1.82, 2.24) is 0 Å². The van der Waals surface area contributed by atoms with Crippen LogP contribution in [-0.2, 0) is 14.4 Å². The lowest BCUT2D eigenvalue weighted by Crippen LogP contribution is -2.28. The summed E-state index contributed by atoms with van der Waals surface area (Å²) in [5, 5.41) is 24.4. The number of carboxylic acids is 2. The normalized spacial score (nSPS) is 21.1. The molecule has 0 bridgehead atoms. The van der Waals surface area contributed by atoms with Crippen LogP contribution in [0.15, 0.2) is 70.6 Å². The van der Waals surface area contributed by atoms with Gasteiger partial charge in [0, 0.05) is 5.57 Å². The third-order valence-corrected chi connectivity index (χ3v) is 3.73. The van der Waals surface area contributed by atoms with Gasteiger partial charge in [0.15, 0.2) is 0 Å². The van der Waals surface area contributed by atoms with Crippen molar-refractivity contribution in [1.29, 1.82) is 0 Å². The summed E-state index contributed by atoms with van der Waals surface area (Å²) in [5.41, 5.74) is 0.484. The maximum atomic E-state index is 11.0. The molecule has 0 aromatic heterocycles. The molecular weight excluding hydrogens is 324 g/mol. The zero-order valence-electron chi connectivity index (χ0n) is 13.4. The molecule has 1 aromatic rings. The molecule has 1 heterocycles. The number of nitrogens with zero attached hydrogens (tertiary/aromatic N) is 2. The number of hydrogen-bond donors (Lipinski definition) is 2. The molecule has 2 N–H and O–H groups in total. The van der Waals surface area contributed by atoms with Gasteiger partial charge in [-0.15, -0.1) is 5.11 Å². The zero-order chi connectivity index (χ0) is 18.4. The van der Waals surface area contributed by atoms with Gasteiger partial charge in [-0.25, -0.2) is 4.79 Å². The van der Waals surface area contributed by atoms with Crippen molar-refractivity contribution in [3.05, 3.63) is 65.9 Å². The first-order chi connectivity index (χ1) is 11.8. The maximum absolute atomic E-state index is 11.0. The van der Waals surface area contributed by atoms with Crippen LogP contribution in [0.2, 0.25) is 0 Å². The van der Waals surface area contributed by atoms with E-state index >= 15 is 0 Å². The molecule has 3 rings (SSSR count). The molecule has 7 nitrogen and oxygen atoms in total. The van der Waals surface area contributed by atoms with E-state index in [1.54, 1.807) is 0 Å². The van der Waals surface area contributed by atoms with Crippen LogP contribution in [-0.4, -0.2) is 28.1 Å². The number of benzene rings is 1. The Kier molecular flexibility index (Phi) is 5.38. The van der Waals surface area contributed by atoms with E-state index in [0.717, 1.165) is 5.56 Å². The number of amides is 1. The molecule has 1 atom stereocenters. The molecule has 0 saturated heterocycles. The van der Waals surface area contributed by atoms with Crippen LogP contribution in [0.5, 0.6) is 0 Å². The summed E-state index contributed by atoms with van der Waals surface area (Å²) in [5.74, 6) is -2.33. The lowest BCUT2D eigenvalue weighted by atomic mass is 9.80. The second-order valence-corrected chi connectivity index (χ2v) is 5.68. The Morgan fingerprint density at radius 3 is 2.36 bits per heavy atom. The Balaban J connectivity index is 0.000000181. The third-order valence-electron chi connectivity index (χ3n) is 3.73. The number of hydrogen-bond acceptors (Lipinski definition) is 4. The smallest absolute Gasteiger partial charge is 0.331 e. The fourth-order valence-corrected chi connectivity index (χ4v) is 2.25. The van der Waals surface area contributed by atoms with Crippen molar-refractivity contribution in [2.24, 2.45) is 15.6 Å². The van der Waals surface area contributed by atoms with Crippen molar-refractivity contribution in [2.75, 3.05) is 0 Å². The van der Waals surface area contributed by atoms with E-state index in [0.29, 0.717) is 5.57 Å². The second kappa shape index (κ2) is 7.48. The molecule has 1 aliphatic carbocycles. The van der Waals surface area contributed by atoms with Crippen molar-refractivity contribution < 1.29 is 24.6 Å². The van der Waals surface area contributed by atoms with E-state index in [1.165, 1.54) is 31.4 Å². The Morgan fingerprint density at radius 1 is 1.16 bits per heavy atom. The standard InChI is InChI=1S/C9H6N2O.C9H10O4/c12-9-8(6-10-11-9)7-4-2-1-3-5-7;1-9(8(12)13)4-2-3-6(5-9)7(10)11/h1-6H;2-4H,5H2,1H3,(H,10,11)(H,12,13). The molecule has 0 spiro atoms. The summed E-state index contributed by atoms with van der Waals surface area (Å²) in [6.07, 6.45) is 5.92. The number of carboxylic acid groups (broad SMARTS) is 2. The first-order valence-corrected chi connectivity index (χ1v) is 7.39. The van der Waals surface area contributed by atoms with Gasteiger partial charge in [0.05, 0.1) is 17.2 Å². The lowest BCUT2D eigenvalue weighted by molar-refractivity contribution is -0.145. The summed E-state index contributed by atoms with van der Waals surface area (Å²) >= 11 is 0. The van der Waals surface area contributed by atoms with Gasteiger partial charge < -0.3 is 10.2 Å². The van der Waals surface area contributed by atoms with Crippen LogP contribution in [0, 0.1) is 5.41 Å². The topological polar surface area (TPSA) is 116 Å². The Bertz CT molecular complexity index is 821.